The van der Waals surface area contributed by atoms with Crippen LogP contribution in [0.2, 0.25) is 0 Å². The second-order valence-electron chi connectivity index (χ2n) is 8.32. The molecule has 0 radical (unpaired) electrons. The number of carbonyl (C=O) groups excluding carboxylic acids is 4. The van der Waals surface area contributed by atoms with Crippen LogP contribution in [0.5, 0.6) is 0 Å². The van der Waals surface area contributed by atoms with E-state index >= 15 is 0 Å². The third kappa shape index (κ3) is 6.87. The van der Waals surface area contributed by atoms with E-state index in [0.29, 0.717) is 12.0 Å². The minimum absolute atomic E-state index is 0.107. The first-order chi connectivity index (χ1) is 15.9. The molecule has 8 heteroatoms. The number of anilines is 1. The van der Waals surface area contributed by atoms with Gasteiger partial charge in [-0.2, -0.15) is 0 Å². The van der Waals surface area contributed by atoms with E-state index < -0.39 is 17.9 Å². The Morgan fingerprint density at radius 2 is 1.85 bits per heavy atom. The number of unbranched alkanes of at least 4 members (excludes halogenated alkanes) is 2. The Morgan fingerprint density at radius 1 is 1.15 bits per heavy atom. The van der Waals surface area contributed by atoms with Crippen molar-refractivity contribution in [2.45, 2.75) is 65.8 Å². The molecule has 1 atom stereocenters. The first-order valence-electron chi connectivity index (χ1n) is 12.1. The Hall–Kier alpha value is -2.74. The maximum Gasteiger partial charge on any atom is 0.261 e. The van der Waals surface area contributed by atoms with Crippen LogP contribution in [0.4, 0.5) is 5.69 Å². The molecule has 4 amide bonds. The minimum atomic E-state index is -0.961. The van der Waals surface area contributed by atoms with Gasteiger partial charge in [-0.1, -0.05) is 39.7 Å². The molecule has 2 aliphatic rings. The normalized spacial score (nSPS) is 18.8. The van der Waals surface area contributed by atoms with Crippen LogP contribution in [0, 0.1) is 6.92 Å². The Bertz CT molecular complexity index is 834. The van der Waals surface area contributed by atoms with Crippen LogP contribution in [0.25, 0.3) is 0 Å². The molecular weight excluding hydrogens is 420 g/mol. The zero-order chi connectivity index (χ0) is 24.4. The maximum atomic E-state index is 13.2. The van der Waals surface area contributed by atoms with E-state index in [9.17, 15) is 19.2 Å². The van der Waals surface area contributed by atoms with Crippen molar-refractivity contribution in [2.24, 2.45) is 0 Å². The van der Waals surface area contributed by atoms with Gasteiger partial charge in [-0.25, -0.2) is 0 Å². The number of hydrogen-bond donors (Lipinski definition) is 1. The fourth-order valence-electron chi connectivity index (χ4n) is 4.20. The van der Waals surface area contributed by atoms with Gasteiger partial charge in [-0.15, -0.1) is 0 Å². The highest BCUT2D eigenvalue weighted by atomic mass is 16.2. The second kappa shape index (κ2) is 13.1. The van der Waals surface area contributed by atoms with E-state index in [1.807, 2.05) is 39.0 Å². The van der Waals surface area contributed by atoms with Crippen molar-refractivity contribution in [3.63, 3.8) is 0 Å². The molecule has 33 heavy (non-hydrogen) atoms. The van der Waals surface area contributed by atoms with Crippen LogP contribution >= 0.6 is 0 Å². The van der Waals surface area contributed by atoms with E-state index in [1.54, 1.807) is 0 Å². The molecule has 0 aliphatic carbocycles. The number of carbonyl (C=O) groups is 4. The molecule has 0 bridgehead atoms. The summed E-state index contributed by atoms with van der Waals surface area (Å²) >= 11 is 0. The number of benzene rings is 1. The summed E-state index contributed by atoms with van der Waals surface area (Å²) in [6.45, 7) is 12.9. The first kappa shape index (κ1) is 26.5. The largest absolute Gasteiger partial charge is 0.369 e. The van der Waals surface area contributed by atoms with E-state index in [-0.39, 0.29) is 18.7 Å². The quantitative estimate of drug-likeness (QED) is 0.366. The molecule has 1 aromatic carbocycles. The second-order valence-corrected chi connectivity index (χ2v) is 8.32. The number of aryl methyl sites for hydroxylation is 1. The van der Waals surface area contributed by atoms with Crippen molar-refractivity contribution in [3.8, 4) is 0 Å². The lowest BCUT2D eigenvalue weighted by molar-refractivity contribution is -0.139. The summed E-state index contributed by atoms with van der Waals surface area (Å²) in [4.78, 5) is 54.1. The highest BCUT2D eigenvalue weighted by Gasteiger charge is 2.35. The Morgan fingerprint density at radius 3 is 2.45 bits per heavy atom. The number of nitrogens with zero attached hydrogens (tertiary/aromatic N) is 3. The van der Waals surface area contributed by atoms with Crippen molar-refractivity contribution < 1.29 is 19.2 Å². The van der Waals surface area contributed by atoms with Gasteiger partial charge in [0.15, 0.2) is 0 Å². The molecule has 2 aliphatic heterocycles. The van der Waals surface area contributed by atoms with Crippen molar-refractivity contribution in [3.05, 3.63) is 29.3 Å². The van der Waals surface area contributed by atoms with Gasteiger partial charge < -0.3 is 4.90 Å². The number of nitrogens with one attached hydrogen (secondary N) is 1. The monoisotopic (exact) mass is 458 g/mol. The predicted molar refractivity (Wildman–Crippen MR) is 129 cm³/mol. The fraction of sp³-hybridized carbons (Fsp3) is 0.600. The summed E-state index contributed by atoms with van der Waals surface area (Å²) in [6, 6.07) is 4.73. The number of rotatable bonds is 8. The lowest BCUT2D eigenvalue weighted by Gasteiger charge is -2.36. The van der Waals surface area contributed by atoms with Crippen LogP contribution in [0.1, 0.15) is 68.8 Å². The number of hydrogen-bond acceptors (Lipinski definition) is 6. The number of piperidine rings is 1. The third-order valence-corrected chi connectivity index (χ3v) is 6.16. The topological polar surface area (TPSA) is 90.0 Å². The van der Waals surface area contributed by atoms with E-state index in [4.69, 9.17) is 0 Å². The Balaban J connectivity index is 0.00000187. The molecule has 3 rings (SSSR count). The molecule has 182 valence electrons. The van der Waals surface area contributed by atoms with Gasteiger partial charge in [0.05, 0.1) is 0 Å². The third-order valence-electron chi connectivity index (χ3n) is 6.16. The van der Waals surface area contributed by atoms with E-state index in [0.717, 1.165) is 48.9 Å². The zero-order valence-electron chi connectivity index (χ0n) is 20.4. The maximum absolute atomic E-state index is 13.2. The van der Waals surface area contributed by atoms with Crippen LogP contribution in [0.15, 0.2) is 18.2 Å². The smallest absolute Gasteiger partial charge is 0.261 e. The van der Waals surface area contributed by atoms with E-state index in [2.05, 4.69) is 22.0 Å². The first-order valence-corrected chi connectivity index (χ1v) is 12.1. The molecule has 2 heterocycles. The van der Waals surface area contributed by atoms with Gasteiger partial charge in [0, 0.05) is 43.9 Å². The van der Waals surface area contributed by atoms with Crippen LogP contribution in [0.3, 0.4) is 0 Å². The molecule has 0 spiro atoms. The lowest BCUT2D eigenvalue weighted by atomic mass is 10.0. The minimum Gasteiger partial charge on any atom is -0.369 e. The highest BCUT2D eigenvalue weighted by Crippen LogP contribution is 2.23. The van der Waals surface area contributed by atoms with Gasteiger partial charge in [-0.05, 0) is 44.0 Å². The molecule has 1 aromatic rings. The highest BCUT2D eigenvalue weighted by molar-refractivity contribution is 6.07. The summed E-state index contributed by atoms with van der Waals surface area (Å²) in [5.41, 5.74) is 2.09. The standard InChI is InChI=1S/C23H32N4O4.C2H6/c1-3-4-5-10-25-11-13-26(14-12-25)18-7-6-17(2)19(15-18)23(31)27(16-28)20-8-9-21(29)24-22(20)30;1-2/h6-7,15-16,20H,3-5,8-14H2,1-2H3,(H,24,29,30);1-2H3. The molecule has 1 unspecified atom stereocenters. The van der Waals surface area contributed by atoms with Gasteiger partial charge in [0.1, 0.15) is 6.04 Å². The number of piperazine rings is 1. The summed E-state index contributed by atoms with van der Waals surface area (Å²) in [7, 11) is 0. The molecule has 2 fully saturated rings. The predicted octanol–water partition coefficient (Wildman–Crippen LogP) is 2.74. The van der Waals surface area contributed by atoms with Crippen molar-refractivity contribution in [1.29, 1.82) is 0 Å². The molecule has 8 nitrogen and oxygen atoms in total. The molecule has 1 N–H and O–H groups in total. The van der Waals surface area contributed by atoms with Gasteiger partial charge in [-0.3, -0.25) is 34.3 Å². The van der Waals surface area contributed by atoms with Crippen molar-refractivity contribution in [1.82, 2.24) is 15.1 Å². The average molecular weight is 459 g/mol. The number of amides is 4. The molecule has 2 saturated heterocycles. The summed E-state index contributed by atoms with van der Waals surface area (Å²) in [5.74, 6) is -1.50. The van der Waals surface area contributed by atoms with Crippen molar-refractivity contribution >= 4 is 29.8 Å². The molecule has 0 saturated carbocycles. The van der Waals surface area contributed by atoms with Crippen molar-refractivity contribution in [2.75, 3.05) is 37.6 Å². The summed E-state index contributed by atoms with van der Waals surface area (Å²) < 4.78 is 0. The number of imide groups is 2. The molecular formula is C25H38N4O4. The van der Waals surface area contributed by atoms with Gasteiger partial charge >= 0.3 is 0 Å². The Labute approximate surface area is 197 Å². The van der Waals surface area contributed by atoms with Crippen LogP contribution in [-0.4, -0.2) is 72.7 Å². The molecule has 0 aromatic heterocycles. The van der Waals surface area contributed by atoms with Crippen LogP contribution < -0.4 is 10.2 Å². The Kier molecular flexibility index (Phi) is 10.5. The fourth-order valence-corrected chi connectivity index (χ4v) is 4.20. The van der Waals surface area contributed by atoms with Gasteiger partial charge in [0.2, 0.25) is 18.2 Å². The van der Waals surface area contributed by atoms with Crippen LogP contribution in [-0.2, 0) is 14.4 Å². The summed E-state index contributed by atoms with van der Waals surface area (Å²) in [5, 5.41) is 2.21. The lowest BCUT2D eigenvalue weighted by Crippen LogP contribution is -2.54. The zero-order valence-corrected chi connectivity index (χ0v) is 20.4. The van der Waals surface area contributed by atoms with E-state index in [1.165, 1.54) is 19.3 Å². The SMILES string of the molecule is CC.CCCCCN1CCN(c2ccc(C)c(C(=O)N(C=O)C3CCC(=O)NC3=O)c2)CC1. The average Bonchev–Trinajstić information content (AvgIpc) is 2.83. The van der Waals surface area contributed by atoms with Gasteiger partial charge in [0.25, 0.3) is 5.91 Å². The summed E-state index contributed by atoms with van der Waals surface area (Å²) in [6.07, 6.45) is 4.34.